The lowest BCUT2D eigenvalue weighted by atomic mass is 10.1. The molecule has 5 heteroatoms. The summed E-state index contributed by atoms with van der Waals surface area (Å²) in [4.78, 5) is 11.0. The number of hydrogen-bond acceptors (Lipinski definition) is 4. The van der Waals surface area contributed by atoms with Gasteiger partial charge < -0.3 is 20.7 Å². The third kappa shape index (κ3) is 3.07. The van der Waals surface area contributed by atoms with Gasteiger partial charge in [-0.15, -0.1) is 0 Å². The van der Waals surface area contributed by atoms with E-state index >= 15 is 0 Å². The lowest BCUT2D eigenvalue weighted by Gasteiger charge is -2.11. The Morgan fingerprint density at radius 2 is 1.95 bits per heavy atom. The van der Waals surface area contributed by atoms with Gasteiger partial charge in [-0.1, -0.05) is 18.2 Å². The fraction of sp³-hybridized carbons (Fsp3) is 0.133. The summed E-state index contributed by atoms with van der Waals surface area (Å²) < 4.78 is 5.68. The Morgan fingerprint density at radius 1 is 1.20 bits per heavy atom. The normalized spacial score (nSPS) is 10.2. The molecule has 0 aromatic heterocycles. The van der Waals surface area contributed by atoms with Crippen LogP contribution in [0.1, 0.15) is 15.9 Å². The molecule has 5 nitrogen and oxygen atoms in total. The lowest BCUT2D eigenvalue weighted by molar-refractivity contribution is 0.0697. The van der Waals surface area contributed by atoms with Crippen LogP contribution in [0.2, 0.25) is 0 Å². The van der Waals surface area contributed by atoms with E-state index in [0.29, 0.717) is 17.9 Å². The third-order valence-electron chi connectivity index (χ3n) is 2.84. The van der Waals surface area contributed by atoms with Gasteiger partial charge in [-0.3, -0.25) is 0 Å². The first-order valence-corrected chi connectivity index (χ1v) is 6.11. The molecule has 0 unspecified atom stereocenters. The van der Waals surface area contributed by atoms with Gasteiger partial charge in [-0.2, -0.15) is 0 Å². The second-order valence-electron chi connectivity index (χ2n) is 4.24. The molecule has 0 radical (unpaired) electrons. The van der Waals surface area contributed by atoms with Gasteiger partial charge in [0.05, 0.1) is 5.56 Å². The average molecular weight is 273 g/mol. The number of benzene rings is 2. The minimum absolute atomic E-state index is 0.00198. The molecule has 0 aliphatic carbocycles. The van der Waals surface area contributed by atoms with Gasteiger partial charge in [0.2, 0.25) is 0 Å². The number of nitrogens with two attached hydrogens (primary N) is 1. The number of aliphatic hydroxyl groups is 1. The molecule has 2 aromatic carbocycles. The maximum absolute atomic E-state index is 11.0. The molecule has 0 aliphatic rings. The second-order valence-corrected chi connectivity index (χ2v) is 4.24. The van der Waals surface area contributed by atoms with Crippen molar-refractivity contribution in [1.82, 2.24) is 0 Å². The molecule has 0 saturated heterocycles. The number of para-hydroxylation sites is 1. The lowest BCUT2D eigenvalue weighted by Crippen LogP contribution is -2.02. The Bertz CT molecular complexity index is 625. The fourth-order valence-corrected chi connectivity index (χ4v) is 1.84. The number of nitrogen functional groups attached to an aromatic ring is 1. The van der Waals surface area contributed by atoms with Crippen molar-refractivity contribution in [2.24, 2.45) is 0 Å². The van der Waals surface area contributed by atoms with Crippen LogP contribution < -0.4 is 10.5 Å². The Balaban J connectivity index is 2.31. The highest BCUT2D eigenvalue weighted by atomic mass is 16.5. The van der Waals surface area contributed by atoms with E-state index in [0.717, 1.165) is 5.56 Å². The number of anilines is 1. The van der Waals surface area contributed by atoms with Crippen LogP contribution in [0.25, 0.3) is 0 Å². The Morgan fingerprint density at radius 3 is 2.65 bits per heavy atom. The molecule has 0 bridgehead atoms. The van der Waals surface area contributed by atoms with Crippen LogP contribution in [-0.4, -0.2) is 22.8 Å². The van der Waals surface area contributed by atoms with Crippen LogP contribution in [-0.2, 0) is 6.42 Å². The molecule has 2 aromatic rings. The van der Waals surface area contributed by atoms with Crippen LogP contribution in [0.3, 0.4) is 0 Å². The molecular weight excluding hydrogens is 258 g/mol. The van der Waals surface area contributed by atoms with Crippen molar-refractivity contribution >= 4 is 11.7 Å². The van der Waals surface area contributed by atoms with Crippen LogP contribution >= 0.6 is 0 Å². The zero-order chi connectivity index (χ0) is 14.5. The monoisotopic (exact) mass is 273 g/mol. The summed E-state index contributed by atoms with van der Waals surface area (Å²) in [7, 11) is 0. The molecular formula is C15H15NO4. The van der Waals surface area contributed by atoms with E-state index in [1.165, 1.54) is 12.1 Å². The molecule has 0 heterocycles. The first-order valence-electron chi connectivity index (χ1n) is 6.11. The van der Waals surface area contributed by atoms with Crippen molar-refractivity contribution in [2.75, 3.05) is 12.3 Å². The third-order valence-corrected chi connectivity index (χ3v) is 2.84. The van der Waals surface area contributed by atoms with Gasteiger partial charge in [-0.05, 0) is 36.2 Å². The topological polar surface area (TPSA) is 92.8 Å². The molecule has 0 amide bonds. The zero-order valence-electron chi connectivity index (χ0n) is 10.7. The van der Waals surface area contributed by atoms with Crippen molar-refractivity contribution in [3.05, 3.63) is 53.6 Å². The summed E-state index contributed by atoms with van der Waals surface area (Å²) in [5.41, 5.74) is 6.63. The summed E-state index contributed by atoms with van der Waals surface area (Å²) >= 11 is 0. The summed E-state index contributed by atoms with van der Waals surface area (Å²) in [5.74, 6) is -0.124. The number of aliphatic hydroxyl groups excluding tert-OH is 1. The molecule has 0 spiro atoms. The van der Waals surface area contributed by atoms with E-state index in [4.69, 9.17) is 20.7 Å². The summed E-state index contributed by atoms with van der Waals surface area (Å²) in [6.45, 7) is 0.0164. The van der Waals surface area contributed by atoms with Crippen molar-refractivity contribution in [1.29, 1.82) is 0 Å². The number of aromatic carboxylic acids is 1. The van der Waals surface area contributed by atoms with Crippen molar-refractivity contribution in [2.45, 2.75) is 6.42 Å². The van der Waals surface area contributed by atoms with E-state index in [1.807, 2.05) is 18.2 Å². The summed E-state index contributed by atoms with van der Waals surface area (Å²) in [6, 6.07) is 11.8. The van der Waals surface area contributed by atoms with Crippen molar-refractivity contribution in [3.63, 3.8) is 0 Å². The number of carboxylic acids is 1. The second kappa shape index (κ2) is 6.08. The molecule has 0 aliphatic heterocycles. The van der Waals surface area contributed by atoms with Gasteiger partial charge in [0, 0.05) is 12.3 Å². The van der Waals surface area contributed by atoms with Crippen molar-refractivity contribution in [3.8, 4) is 11.5 Å². The van der Waals surface area contributed by atoms with Gasteiger partial charge >= 0.3 is 5.97 Å². The number of hydrogen-bond donors (Lipinski definition) is 3. The first kappa shape index (κ1) is 13.9. The Kier molecular flexibility index (Phi) is 4.22. The predicted octanol–water partition coefficient (Wildman–Crippen LogP) is 2.29. The minimum Gasteiger partial charge on any atom is -0.478 e. The molecule has 4 N–H and O–H groups in total. The molecule has 0 saturated carbocycles. The molecule has 0 fully saturated rings. The fourth-order valence-electron chi connectivity index (χ4n) is 1.84. The number of ether oxygens (including phenoxy) is 1. The summed E-state index contributed by atoms with van der Waals surface area (Å²) in [5, 5.41) is 18.0. The van der Waals surface area contributed by atoms with Gasteiger partial charge in [0.1, 0.15) is 11.5 Å². The predicted molar refractivity (Wildman–Crippen MR) is 75.1 cm³/mol. The smallest absolute Gasteiger partial charge is 0.337 e. The zero-order valence-corrected chi connectivity index (χ0v) is 10.7. The van der Waals surface area contributed by atoms with Crippen molar-refractivity contribution < 1.29 is 19.7 Å². The maximum Gasteiger partial charge on any atom is 0.337 e. The Labute approximate surface area is 116 Å². The van der Waals surface area contributed by atoms with E-state index in [-0.39, 0.29) is 17.9 Å². The number of carbonyl (C=O) groups is 1. The molecule has 104 valence electrons. The van der Waals surface area contributed by atoms with E-state index < -0.39 is 5.97 Å². The largest absolute Gasteiger partial charge is 0.478 e. The SMILES string of the molecule is Nc1ccc(Oc2ccccc2CCO)cc1C(=O)O. The van der Waals surface area contributed by atoms with E-state index in [2.05, 4.69) is 0 Å². The summed E-state index contributed by atoms with van der Waals surface area (Å²) in [6.07, 6.45) is 0.469. The highest BCUT2D eigenvalue weighted by Gasteiger charge is 2.10. The van der Waals surface area contributed by atoms with Crippen LogP contribution in [0, 0.1) is 0 Å². The van der Waals surface area contributed by atoms with E-state index in [1.54, 1.807) is 12.1 Å². The molecule has 2 rings (SSSR count). The standard InChI is InChI=1S/C15H15NO4/c16-13-6-5-11(9-12(13)15(18)19)20-14-4-2-1-3-10(14)7-8-17/h1-6,9,17H,7-8,16H2,(H,18,19). The van der Waals surface area contributed by atoms with E-state index in [9.17, 15) is 4.79 Å². The Hall–Kier alpha value is -2.53. The highest BCUT2D eigenvalue weighted by Crippen LogP contribution is 2.28. The molecule has 0 atom stereocenters. The maximum atomic E-state index is 11.0. The minimum atomic E-state index is -1.10. The van der Waals surface area contributed by atoms with Crippen LogP contribution in [0.15, 0.2) is 42.5 Å². The van der Waals surface area contributed by atoms with Crippen LogP contribution in [0.5, 0.6) is 11.5 Å². The molecule has 20 heavy (non-hydrogen) atoms. The van der Waals surface area contributed by atoms with Gasteiger partial charge in [0.25, 0.3) is 0 Å². The quantitative estimate of drug-likeness (QED) is 0.727. The first-order chi connectivity index (χ1) is 9.61. The number of rotatable bonds is 5. The highest BCUT2D eigenvalue weighted by molar-refractivity contribution is 5.94. The average Bonchev–Trinajstić information content (AvgIpc) is 2.43. The van der Waals surface area contributed by atoms with Gasteiger partial charge in [-0.25, -0.2) is 4.79 Å². The van der Waals surface area contributed by atoms with Crippen LogP contribution in [0.4, 0.5) is 5.69 Å². The number of carboxylic acid groups (broad SMARTS) is 1. The van der Waals surface area contributed by atoms with Gasteiger partial charge in [0.15, 0.2) is 0 Å².